The van der Waals surface area contributed by atoms with Crippen molar-refractivity contribution in [3.63, 3.8) is 0 Å². The van der Waals surface area contributed by atoms with Gasteiger partial charge < -0.3 is 71.1 Å². The van der Waals surface area contributed by atoms with Crippen molar-refractivity contribution in [1.82, 2.24) is 60.9 Å². The fourth-order valence-corrected chi connectivity index (χ4v) is 12.9. The molecule has 1 fully saturated rings. The van der Waals surface area contributed by atoms with E-state index < -0.39 is 160 Å². The van der Waals surface area contributed by atoms with E-state index in [1.807, 2.05) is 55.4 Å². The molecule has 1 rings (SSSR count). The summed E-state index contributed by atoms with van der Waals surface area (Å²) in [5.41, 5.74) is -1.59. The monoisotopic (exact) mass is 1360 g/mol. The van der Waals surface area contributed by atoms with Crippen LogP contribution in [-0.2, 0) is 52.7 Å². The number of carbonyl (C=O) groups is 11. The molecule has 0 radical (unpaired) electrons. The van der Waals surface area contributed by atoms with Crippen LogP contribution in [0.5, 0.6) is 0 Å². The number of rotatable bonds is 22. The van der Waals surface area contributed by atoms with Crippen LogP contribution in [0.4, 0.5) is 0 Å². The third-order valence-electron chi connectivity index (χ3n) is 17.6. The van der Waals surface area contributed by atoms with Gasteiger partial charge in [0.25, 0.3) is 5.91 Å². The number of hydrogen-bond acceptors (Lipinski definition) is 15. The largest absolute Gasteiger partial charge is 0.390 e. The number of carbonyl (C=O) groups excluding carboxylic acids is 11. The van der Waals surface area contributed by atoms with Crippen molar-refractivity contribution in [2.24, 2.45) is 35.5 Å². The van der Waals surface area contributed by atoms with Crippen LogP contribution in [-0.4, -0.2) is 255 Å². The smallest absolute Gasteiger partial charge is 0.256 e. The molecule has 1 aliphatic heterocycles. The molecule has 0 spiro atoms. The van der Waals surface area contributed by atoms with E-state index >= 15 is 28.8 Å². The minimum absolute atomic E-state index is 0.0291. The lowest BCUT2D eigenvalue weighted by Gasteiger charge is -2.41. The normalized spacial score (nSPS) is 26.3. The number of allylic oxidation sites excluding steroid dienone is 2. The quantitative estimate of drug-likeness (QED) is 0.0590. The van der Waals surface area contributed by atoms with Gasteiger partial charge in [0.15, 0.2) is 5.37 Å². The van der Waals surface area contributed by atoms with Gasteiger partial charge in [-0.25, -0.2) is 0 Å². The number of nitrogens with zero attached hydrogens (tertiary/aromatic N) is 7. The third kappa shape index (κ3) is 26.2. The first-order valence-corrected chi connectivity index (χ1v) is 35.3. The summed E-state index contributed by atoms with van der Waals surface area (Å²) in [5.74, 6) is -9.95. The van der Waals surface area contributed by atoms with E-state index in [4.69, 9.17) is 0 Å². The predicted octanol–water partition coefficient (Wildman–Crippen LogP) is 4.22. The number of amides is 11. The lowest BCUT2D eigenvalue weighted by molar-refractivity contribution is -0.157. The Bertz CT molecular complexity index is 2580. The highest BCUT2D eigenvalue weighted by atomic mass is 32.2. The summed E-state index contributed by atoms with van der Waals surface area (Å²) in [5, 5.41) is 36.8. The van der Waals surface area contributed by atoms with Gasteiger partial charge in [0.1, 0.15) is 60.4 Å². The topological polar surface area (TPSA) is 311 Å². The van der Waals surface area contributed by atoms with Crippen molar-refractivity contribution in [2.45, 2.75) is 266 Å². The number of thioether (sulfide) groups is 1. The van der Waals surface area contributed by atoms with Crippen LogP contribution in [0.2, 0.25) is 0 Å². The summed E-state index contributed by atoms with van der Waals surface area (Å²) in [4.78, 5) is 173. The van der Waals surface area contributed by atoms with Crippen LogP contribution in [0.25, 0.3) is 0 Å². The Balaban J connectivity index is 4.57. The van der Waals surface area contributed by atoms with E-state index in [-0.39, 0.29) is 62.3 Å². The number of nitrogens with one attached hydrogen (secondary N) is 5. The van der Waals surface area contributed by atoms with Gasteiger partial charge in [0, 0.05) is 61.8 Å². The highest BCUT2D eigenvalue weighted by Crippen LogP contribution is 2.28. The van der Waals surface area contributed by atoms with Crippen LogP contribution in [0.15, 0.2) is 12.2 Å². The van der Waals surface area contributed by atoms with Crippen LogP contribution in [0.1, 0.15) is 183 Å². The molecule has 0 aromatic rings. The molecule has 0 unspecified atom stereocenters. The van der Waals surface area contributed by atoms with Gasteiger partial charge in [0.05, 0.1) is 11.7 Å². The first-order chi connectivity index (χ1) is 43.8. The Labute approximate surface area is 573 Å². The number of aliphatic hydroxyl groups is 2. The van der Waals surface area contributed by atoms with Gasteiger partial charge >= 0.3 is 0 Å². The van der Waals surface area contributed by atoms with E-state index in [1.165, 1.54) is 102 Å². The Hall–Kier alpha value is -5.86. The zero-order chi connectivity index (χ0) is 73.6. The molecule has 26 heteroatoms. The maximum absolute atomic E-state index is 15.4. The molecular weight excluding hydrogens is 1240 g/mol. The van der Waals surface area contributed by atoms with Crippen LogP contribution >= 0.6 is 11.8 Å². The molecule has 0 aliphatic carbocycles. The maximum Gasteiger partial charge on any atom is 0.256 e. The molecule has 0 aromatic heterocycles. The van der Waals surface area contributed by atoms with Crippen molar-refractivity contribution in [1.29, 1.82) is 0 Å². The van der Waals surface area contributed by atoms with Gasteiger partial charge in [-0.3, -0.25) is 52.7 Å². The van der Waals surface area contributed by atoms with E-state index in [2.05, 4.69) is 26.6 Å². The Morgan fingerprint density at radius 1 is 0.516 bits per heavy atom. The van der Waals surface area contributed by atoms with E-state index in [0.29, 0.717) is 25.1 Å². The predicted molar refractivity (Wildman–Crippen MR) is 374 cm³/mol. The maximum atomic E-state index is 15.4. The van der Waals surface area contributed by atoms with Crippen LogP contribution in [0, 0.1) is 35.5 Å². The van der Waals surface area contributed by atoms with E-state index in [9.17, 15) is 34.2 Å². The van der Waals surface area contributed by atoms with Gasteiger partial charge in [-0.2, -0.15) is 0 Å². The summed E-state index contributed by atoms with van der Waals surface area (Å²) < 4.78 is 0. The number of unbranched alkanes of at least 4 members (excludes halogenated alkanes) is 1. The molecular formula is C69H126N12O13S. The Morgan fingerprint density at radius 3 is 1.45 bits per heavy atom. The highest BCUT2D eigenvalue weighted by molar-refractivity contribution is 8.00. The molecule has 1 saturated heterocycles. The average molecular weight is 1360 g/mol. The summed E-state index contributed by atoms with van der Waals surface area (Å²) in [6, 6.07) is -12.9. The van der Waals surface area contributed by atoms with Crippen molar-refractivity contribution >= 4 is 76.7 Å². The number of aliphatic hydroxyl groups excluding tert-OH is 1. The lowest BCUT2D eigenvalue weighted by Crippen LogP contribution is -2.64. The molecule has 0 aromatic carbocycles. The van der Waals surface area contributed by atoms with Gasteiger partial charge in [-0.05, 0) is 127 Å². The minimum Gasteiger partial charge on any atom is -0.390 e. The van der Waals surface area contributed by atoms with Gasteiger partial charge in [-0.1, -0.05) is 109 Å². The van der Waals surface area contributed by atoms with Crippen molar-refractivity contribution in [3.8, 4) is 0 Å². The fraction of sp³-hybridized carbons (Fsp3) is 0.812. The van der Waals surface area contributed by atoms with Crippen LogP contribution < -0.4 is 26.6 Å². The third-order valence-corrected chi connectivity index (χ3v) is 18.9. The first-order valence-electron chi connectivity index (χ1n) is 34.3. The summed E-state index contributed by atoms with van der Waals surface area (Å²) in [6.45, 7) is 33.7. The summed E-state index contributed by atoms with van der Waals surface area (Å²) in [7, 11) is 9.86. The molecule has 0 saturated carbocycles. The van der Waals surface area contributed by atoms with Crippen molar-refractivity contribution in [2.75, 3.05) is 61.6 Å². The number of likely N-dealkylation sites (N-methyl/N-ethyl adjacent to an activating group) is 7. The van der Waals surface area contributed by atoms with Gasteiger partial charge in [-0.15, -0.1) is 11.8 Å². The molecule has 7 N–H and O–H groups in total. The average Bonchev–Trinajstić information content (AvgIpc) is 0.813. The Morgan fingerprint density at radius 2 is 0.979 bits per heavy atom. The second-order valence-electron chi connectivity index (χ2n) is 29.2. The summed E-state index contributed by atoms with van der Waals surface area (Å²) in [6.07, 6.45) is 3.66. The number of hydrogen-bond donors (Lipinski definition) is 7. The van der Waals surface area contributed by atoms with Gasteiger partial charge in [0.2, 0.25) is 59.1 Å². The molecule has 0 bridgehead atoms. The second kappa shape index (κ2) is 40.1. The SMILES string of the molecule is C/C=C/C[C@@H](C)[C@@H](O)[C@H]1C(=O)N[C@@H](CC)C(=O)N(C)[C@H](SCCCCNC(C)C)C(=O)N(C)[C@@H](CC(C)(C)O)C(=O)N[C@@H](C(C)C)C(=O)N(C)[C@@H](CC(C)C)C(=O)N[C@@H](C)C(=O)N[C@H](C)C(=O)N(C)[C@@H](CC(C)C)C(=O)N(C)[C@@H](CC(C)C)C(=O)N(C)[C@@H](C(C)C)C(=O)N1C. The van der Waals surface area contributed by atoms with Crippen molar-refractivity contribution in [3.05, 3.63) is 12.2 Å². The molecule has 11 amide bonds. The van der Waals surface area contributed by atoms with E-state index in [1.54, 1.807) is 60.6 Å². The highest BCUT2D eigenvalue weighted by Gasteiger charge is 2.47. The lowest BCUT2D eigenvalue weighted by atomic mass is 9.91. The second-order valence-corrected chi connectivity index (χ2v) is 30.4. The molecule has 95 heavy (non-hydrogen) atoms. The zero-order valence-corrected chi connectivity index (χ0v) is 63.4. The molecule has 1 aliphatic rings. The van der Waals surface area contributed by atoms with E-state index in [0.717, 1.165) is 21.6 Å². The molecule has 25 nitrogen and oxygen atoms in total. The molecule has 546 valence electrons. The first kappa shape index (κ1) is 87.2. The van der Waals surface area contributed by atoms with Crippen LogP contribution in [0.3, 0.4) is 0 Å². The Kier molecular flexibility index (Phi) is 36.8. The molecule has 13 atom stereocenters. The zero-order valence-electron chi connectivity index (χ0n) is 62.6. The summed E-state index contributed by atoms with van der Waals surface area (Å²) >= 11 is 1.14. The minimum atomic E-state index is -1.66. The fourth-order valence-electron chi connectivity index (χ4n) is 11.7. The molecule has 1 heterocycles. The van der Waals surface area contributed by atoms with Crippen molar-refractivity contribution < 1.29 is 63.0 Å². The standard InChI is InChI=1S/C69H126N12O13S/c1-27-29-32-45(15)56(82)55-60(86)73-48(28-2)62(88)81(26)68(95-34-31-30-33-70-44(13)14)67(93)78(23)52(38-69(18,19)94)59(85)74-53(42(9)10)65(91)75(20)49(35-39(3)4)58(84)71-46(16)57(83)72-47(17)61(87)76(21)50(36-40(5)6)63(89)77(22)51(37-41(7)8)64(90)79(24)54(43(11)12)66(92)80(55)25/h27,29,39-56,68,70,82,94H,28,30-38H2,1-26H3,(H,71,84)(H,72,83)(H,73,86)(H,74,85)/b29-27+/t45-,46+,47-,48+,49+,50+,51+,52+,53+,54+,55+,56-,68-/m1/s1.